The fourth-order valence-corrected chi connectivity index (χ4v) is 8.96. The minimum absolute atomic E-state index is 0. The Hall–Kier alpha value is -4.60. The zero-order valence-electron chi connectivity index (χ0n) is 30.9. The molecule has 14 heteroatoms. The number of para-hydroxylation sites is 1. The van der Waals surface area contributed by atoms with Crippen LogP contribution in [0.1, 0.15) is 31.7 Å². The Morgan fingerprint density at radius 3 is 2.13 bits per heavy atom. The van der Waals surface area contributed by atoms with Gasteiger partial charge in [-0.1, -0.05) is 42.5 Å². The van der Waals surface area contributed by atoms with Crippen molar-refractivity contribution in [2.24, 2.45) is 0 Å². The van der Waals surface area contributed by atoms with E-state index < -0.39 is 25.6 Å². The molecule has 0 aliphatic carbocycles. The number of nitrogens with one attached hydrogen (secondary N) is 1. The van der Waals surface area contributed by atoms with Gasteiger partial charge in [-0.2, -0.15) is 47.2 Å². The fourth-order valence-electron chi connectivity index (χ4n) is 7.14. The molecule has 7 rings (SSSR count). The number of aromatic nitrogens is 2. The van der Waals surface area contributed by atoms with Crippen molar-refractivity contribution in [3.63, 3.8) is 0 Å². The largest absolute Gasteiger partial charge is 1.00 e. The maximum absolute atomic E-state index is 12.9. The van der Waals surface area contributed by atoms with E-state index in [0.29, 0.717) is 63.5 Å². The van der Waals surface area contributed by atoms with Crippen molar-refractivity contribution in [1.82, 2.24) is 4.98 Å². The second kappa shape index (κ2) is 16.2. The van der Waals surface area contributed by atoms with Gasteiger partial charge in [0.1, 0.15) is 21.3 Å². The molecule has 1 atom stereocenters. The van der Waals surface area contributed by atoms with Crippen LogP contribution in [0, 0.1) is 6.07 Å². The summed E-state index contributed by atoms with van der Waals surface area (Å²) in [7, 11) is -9.15. The van der Waals surface area contributed by atoms with Crippen molar-refractivity contribution in [2.45, 2.75) is 31.0 Å². The molecule has 0 radical (unpaired) electrons. The van der Waals surface area contributed by atoms with Crippen molar-refractivity contribution in [3.8, 4) is 5.69 Å². The van der Waals surface area contributed by atoms with Gasteiger partial charge in [-0.3, -0.25) is 9.11 Å². The van der Waals surface area contributed by atoms with Crippen LogP contribution in [0.2, 0.25) is 0 Å². The monoisotopic (exact) mass is 784 g/mol. The Kier molecular flexibility index (Phi) is 11.8. The quantitative estimate of drug-likeness (QED) is 0.0392. The molecule has 1 unspecified atom stereocenters. The smallest absolute Gasteiger partial charge is 0.371 e. The molecule has 0 fully saturated rings. The first kappa shape index (κ1) is 40.1. The number of fused-ring (bicyclic) bond motifs is 4. The summed E-state index contributed by atoms with van der Waals surface area (Å²) in [5.41, 5.74) is 6.02. The van der Waals surface area contributed by atoms with Crippen LogP contribution in [-0.2, 0) is 20.2 Å². The van der Waals surface area contributed by atoms with Gasteiger partial charge in [0.2, 0.25) is 16.7 Å². The van der Waals surface area contributed by atoms with Crippen molar-refractivity contribution in [2.75, 3.05) is 34.8 Å². The zero-order chi connectivity index (χ0) is 38.2. The van der Waals surface area contributed by atoms with Crippen molar-refractivity contribution in [3.05, 3.63) is 133 Å². The molecule has 55 heavy (non-hydrogen) atoms. The second-order valence-corrected chi connectivity index (χ2v) is 15.6. The second-order valence-electron chi connectivity index (χ2n) is 12.7. The number of hydrogen-bond donors (Lipinski definition) is 3. The Morgan fingerprint density at radius 1 is 0.782 bits per heavy atom. The third kappa shape index (κ3) is 7.92. The van der Waals surface area contributed by atoms with Gasteiger partial charge >= 0.3 is 29.6 Å². The van der Waals surface area contributed by atoms with Gasteiger partial charge in [0.25, 0.3) is 20.2 Å². The molecule has 276 valence electrons. The maximum atomic E-state index is 12.9. The van der Waals surface area contributed by atoms with Crippen LogP contribution >= 0.6 is 0 Å². The summed E-state index contributed by atoms with van der Waals surface area (Å²) >= 11 is 0. The Bertz CT molecular complexity index is 2730. The van der Waals surface area contributed by atoms with E-state index in [4.69, 9.17) is 4.98 Å². The molecule has 6 aromatic carbocycles. The molecule has 1 heterocycles. The summed E-state index contributed by atoms with van der Waals surface area (Å²) in [5, 5.41) is 3.72. The van der Waals surface area contributed by atoms with E-state index in [0.717, 1.165) is 16.5 Å². The molecule has 7 aromatic rings. The Balaban J connectivity index is 0.00000514. The van der Waals surface area contributed by atoms with Gasteiger partial charge in [0, 0.05) is 66.0 Å². The van der Waals surface area contributed by atoms with E-state index in [1.165, 1.54) is 6.07 Å². The van der Waals surface area contributed by atoms with Gasteiger partial charge in [0.05, 0.1) is 11.4 Å². The van der Waals surface area contributed by atoms with E-state index in [1.54, 1.807) is 47.4 Å². The SMILES string of the molecule is CCN(CC)c1ccc(Nc2cc3c(nc4ccc(N(CC)C(c5c[c-]ccc5)S(=O)(=O)O)cc4[n+]3-c3ccccc3)c3ccccc23)cc1S(=O)(=O)O.[Na+]. The summed E-state index contributed by atoms with van der Waals surface area (Å²) in [5.74, 6) is 0. The Labute approximate surface area is 343 Å². The summed E-state index contributed by atoms with van der Waals surface area (Å²) in [6, 6.07) is 39.3. The summed E-state index contributed by atoms with van der Waals surface area (Å²) < 4.78 is 73.9. The third-order valence-corrected chi connectivity index (χ3v) is 11.5. The van der Waals surface area contributed by atoms with Crippen LogP contribution in [0.15, 0.2) is 126 Å². The van der Waals surface area contributed by atoms with E-state index in [9.17, 15) is 25.9 Å². The maximum Gasteiger partial charge on any atom is 1.00 e. The number of rotatable bonds is 12. The average molecular weight is 785 g/mol. The molecule has 0 bridgehead atoms. The number of benzene rings is 6. The average Bonchev–Trinajstić information content (AvgIpc) is 3.16. The molecule has 1 aromatic heterocycles. The molecule has 3 N–H and O–H groups in total. The van der Waals surface area contributed by atoms with E-state index in [2.05, 4.69) is 16.0 Å². The third-order valence-electron chi connectivity index (χ3n) is 9.56. The Morgan fingerprint density at radius 2 is 1.49 bits per heavy atom. The molecule has 0 saturated heterocycles. The van der Waals surface area contributed by atoms with Crippen molar-refractivity contribution in [1.29, 1.82) is 0 Å². The molecule has 0 spiro atoms. The van der Waals surface area contributed by atoms with Gasteiger partial charge in [-0.25, -0.2) is 4.98 Å². The molecule has 0 amide bonds. The summed E-state index contributed by atoms with van der Waals surface area (Å²) in [6.07, 6.45) is 0. The van der Waals surface area contributed by atoms with Gasteiger partial charge in [-0.05, 0) is 51.1 Å². The fraction of sp³-hybridized carbons (Fsp3) is 0.171. The predicted molar refractivity (Wildman–Crippen MR) is 214 cm³/mol. The van der Waals surface area contributed by atoms with Crippen LogP contribution in [0.5, 0.6) is 0 Å². The first-order valence-corrected chi connectivity index (χ1v) is 20.5. The van der Waals surface area contributed by atoms with Crippen LogP contribution in [0.3, 0.4) is 0 Å². The van der Waals surface area contributed by atoms with Crippen LogP contribution in [0.4, 0.5) is 22.7 Å². The molecule has 0 saturated carbocycles. The van der Waals surface area contributed by atoms with Crippen molar-refractivity contribution >= 4 is 75.8 Å². The summed E-state index contributed by atoms with van der Waals surface area (Å²) in [4.78, 5) is 8.45. The van der Waals surface area contributed by atoms with E-state index in [-0.39, 0.29) is 41.0 Å². The zero-order valence-corrected chi connectivity index (χ0v) is 34.5. The molecular formula is C41H39N5NaO6S2+. The molecule has 0 aliphatic heterocycles. The van der Waals surface area contributed by atoms with Crippen molar-refractivity contribution < 1.29 is 60.1 Å². The minimum atomic E-state index is -4.59. The van der Waals surface area contributed by atoms with Crippen LogP contribution in [-0.4, -0.2) is 50.6 Å². The van der Waals surface area contributed by atoms with Gasteiger partial charge in [0.15, 0.2) is 0 Å². The first-order valence-electron chi connectivity index (χ1n) is 17.5. The molecular weight excluding hydrogens is 746 g/mol. The van der Waals surface area contributed by atoms with Gasteiger partial charge < -0.3 is 15.1 Å². The van der Waals surface area contributed by atoms with E-state index >= 15 is 0 Å². The topological polar surface area (TPSA) is 144 Å². The number of hydrogen-bond acceptors (Lipinski definition) is 8. The van der Waals surface area contributed by atoms with Crippen LogP contribution < -0.4 is 49.2 Å². The van der Waals surface area contributed by atoms with E-state index in [1.807, 2.05) is 98.5 Å². The normalized spacial score (nSPS) is 12.4. The molecule has 0 aliphatic rings. The first-order chi connectivity index (χ1) is 25.9. The standard InChI is InChI=1S/C41H38N5O6S2.Na/c1-4-44(5-2)36-24-21-29(25-39(36)53(47,48)49)42-35-27-38-40(33-20-14-13-19-32(33)35)43-34-23-22-31(26-37(34)46(38)30-17-11-8-12-18-30)45(6-3)41(54(50,51)52)28-15-9-7-10-16-28;/h7-9,11-27,41H,4-6H2,1-3H3,(H2,47,48,49,50,51,52);/q-1;+1/p+1. The minimum Gasteiger partial charge on any atom is -0.371 e. The molecule has 11 nitrogen and oxygen atoms in total. The van der Waals surface area contributed by atoms with Gasteiger partial charge in [-0.15, -0.1) is 10.1 Å². The number of nitrogens with zero attached hydrogens (tertiary/aromatic N) is 4. The van der Waals surface area contributed by atoms with Crippen LogP contribution in [0.25, 0.3) is 38.5 Å². The number of anilines is 4. The summed E-state index contributed by atoms with van der Waals surface area (Å²) in [6.45, 7) is 7.03. The predicted octanol–water partition coefficient (Wildman–Crippen LogP) is 4.87.